The van der Waals surface area contributed by atoms with Crippen LogP contribution in [-0.4, -0.2) is 23.9 Å². The van der Waals surface area contributed by atoms with Crippen LogP contribution >= 0.6 is 0 Å². The highest BCUT2D eigenvalue weighted by atomic mass is 16.2. The highest BCUT2D eigenvalue weighted by Crippen LogP contribution is 2.17. The maximum Gasteiger partial charge on any atom is 0.253 e. The Labute approximate surface area is 119 Å². The topological polar surface area (TPSA) is 84.2 Å². The number of hydrogen-bond acceptors (Lipinski definition) is 3. The molecule has 0 aromatic heterocycles. The number of nitrogens with two attached hydrogens (primary N) is 1. The summed E-state index contributed by atoms with van der Waals surface area (Å²) in [6, 6.07) is 6.91. The molecule has 1 atom stereocenters. The zero-order valence-corrected chi connectivity index (χ0v) is 12.3. The zero-order valence-electron chi connectivity index (χ0n) is 12.3. The average Bonchev–Trinajstić information content (AvgIpc) is 2.45. The van der Waals surface area contributed by atoms with Gasteiger partial charge < -0.3 is 16.4 Å². The number of rotatable bonds is 6. The highest BCUT2D eigenvalue weighted by molar-refractivity contribution is 6.05. The molecule has 1 aromatic rings. The average molecular weight is 277 g/mol. The zero-order chi connectivity index (χ0) is 15.2. The summed E-state index contributed by atoms with van der Waals surface area (Å²) in [5.41, 5.74) is 5.88. The van der Waals surface area contributed by atoms with Crippen LogP contribution in [0.3, 0.4) is 0 Å². The Bertz CT molecular complexity index is 484. The molecule has 1 aromatic carbocycles. The van der Waals surface area contributed by atoms with Crippen molar-refractivity contribution in [3.05, 3.63) is 29.8 Å². The van der Waals surface area contributed by atoms with Crippen molar-refractivity contribution in [2.45, 2.75) is 39.2 Å². The Morgan fingerprint density at radius 3 is 2.50 bits per heavy atom. The fourth-order valence-corrected chi connectivity index (χ4v) is 1.55. The summed E-state index contributed by atoms with van der Waals surface area (Å²) in [6.07, 6.45) is 1.38. The monoisotopic (exact) mass is 277 g/mol. The fraction of sp³-hybridized carbons (Fsp3) is 0.467. The second-order valence-electron chi connectivity index (χ2n) is 5.03. The van der Waals surface area contributed by atoms with Gasteiger partial charge in [0.05, 0.1) is 16.8 Å². The minimum atomic E-state index is -0.951. The van der Waals surface area contributed by atoms with Gasteiger partial charge in [-0.05, 0) is 31.9 Å². The van der Waals surface area contributed by atoms with E-state index >= 15 is 0 Å². The van der Waals surface area contributed by atoms with Crippen molar-refractivity contribution < 1.29 is 9.59 Å². The largest absolute Gasteiger partial charge is 0.352 e. The van der Waals surface area contributed by atoms with Crippen molar-refractivity contribution in [2.24, 2.45) is 5.73 Å². The van der Waals surface area contributed by atoms with Crippen LogP contribution in [0.1, 0.15) is 44.0 Å². The van der Waals surface area contributed by atoms with E-state index in [-0.39, 0.29) is 11.8 Å². The minimum absolute atomic E-state index is 0.196. The van der Waals surface area contributed by atoms with E-state index in [4.69, 9.17) is 5.73 Å². The van der Waals surface area contributed by atoms with Crippen molar-refractivity contribution in [1.29, 1.82) is 0 Å². The van der Waals surface area contributed by atoms with E-state index in [0.29, 0.717) is 24.2 Å². The van der Waals surface area contributed by atoms with E-state index in [1.807, 2.05) is 13.8 Å². The van der Waals surface area contributed by atoms with Crippen LogP contribution in [0, 0.1) is 0 Å². The second-order valence-corrected chi connectivity index (χ2v) is 5.03. The molecule has 0 aliphatic heterocycles. The van der Waals surface area contributed by atoms with E-state index in [1.165, 1.54) is 0 Å². The smallest absolute Gasteiger partial charge is 0.253 e. The third kappa shape index (κ3) is 4.06. The van der Waals surface area contributed by atoms with E-state index in [0.717, 1.165) is 6.42 Å². The first-order valence-corrected chi connectivity index (χ1v) is 6.90. The van der Waals surface area contributed by atoms with Crippen LogP contribution < -0.4 is 16.4 Å². The summed E-state index contributed by atoms with van der Waals surface area (Å²) in [6.45, 7) is 6.10. The summed E-state index contributed by atoms with van der Waals surface area (Å²) >= 11 is 0. The lowest BCUT2D eigenvalue weighted by Crippen LogP contribution is -2.48. The van der Waals surface area contributed by atoms with Gasteiger partial charge in [0.15, 0.2) is 0 Å². The fourth-order valence-electron chi connectivity index (χ4n) is 1.55. The summed E-state index contributed by atoms with van der Waals surface area (Å²) in [5, 5.41) is 5.53. The third-order valence-corrected chi connectivity index (χ3v) is 3.21. The Balaban J connectivity index is 2.91. The van der Waals surface area contributed by atoms with Crippen molar-refractivity contribution >= 4 is 17.5 Å². The molecule has 2 amide bonds. The molecular weight excluding hydrogens is 254 g/mol. The number of amides is 2. The molecule has 1 unspecified atom stereocenters. The Kier molecular flexibility index (Phi) is 5.70. The van der Waals surface area contributed by atoms with Gasteiger partial charge in [0, 0.05) is 6.54 Å². The van der Waals surface area contributed by atoms with Crippen molar-refractivity contribution in [1.82, 2.24) is 5.32 Å². The van der Waals surface area contributed by atoms with Crippen LogP contribution in [0.15, 0.2) is 24.3 Å². The summed E-state index contributed by atoms with van der Waals surface area (Å²) in [5.74, 6) is -0.492. The number of carbonyl (C=O) groups excluding carboxylic acids is 2. The molecule has 5 heteroatoms. The quantitative estimate of drug-likeness (QED) is 0.742. The molecule has 110 valence electrons. The molecule has 5 nitrogen and oxygen atoms in total. The second kappa shape index (κ2) is 7.05. The number of carbonyl (C=O) groups is 2. The normalized spacial score (nSPS) is 13.4. The van der Waals surface area contributed by atoms with Gasteiger partial charge in [-0.3, -0.25) is 9.59 Å². The van der Waals surface area contributed by atoms with Crippen LogP contribution in [0.5, 0.6) is 0 Å². The van der Waals surface area contributed by atoms with E-state index < -0.39 is 5.54 Å². The summed E-state index contributed by atoms with van der Waals surface area (Å²) < 4.78 is 0. The first kappa shape index (κ1) is 16.2. The van der Waals surface area contributed by atoms with Gasteiger partial charge >= 0.3 is 0 Å². The molecule has 0 radical (unpaired) electrons. The lowest BCUT2D eigenvalue weighted by Gasteiger charge is -2.22. The van der Waals surface area contributed by atoms with E-state index in [1.54, 1.807) is 31.2 Å². The highest BCUT2D eigenvalue weighted by Gasteiger charge is 2.26. The van der Waals surface area contributed by atoms with Gasteiger partial charge in [-0.1, -0.05) is 26.0 Å². The SMILES string of the molecule is CCCNC(=O)c1ccccc1NC(=O)C(C)(N)CC. The third-order valence-electron chi connectivity index (χ3n) is 3.21. The van der Waals surface area contributed by atoms with Gasteiger partial charge in [0.25, 0.3) is 5.91 Å². The molecular formula is C15H23N3O2. The Morgan fingerprint density at radius 1 is 1.25 bits per heavy atom. The van der Waals surface area contributed by atoms with Crippen LogP contribution in [0.4, 0.5) is 5.69 Å². The molecule has 0 heterocycles. The number of nitrogens with one attached hydrogen (secondary N) is 2. The molecule has 20 heavy (non-hydrogen) atoms. The molecule has 0 aliphatic rings. The van der Waals surface area contributed by atoms with Crippen molar-refractivity contribution in [3.63, 3.8) is 0 Å². The van der Waals surface area contributed by atoms with E-state index in [9.17, 15) is 9.59 Å². The molecule has 0 fully saturated rings. The van der Waals surface area contributed by atoms with Crippen LogP contribution in [0.25, 0.3) is 0 Å². The Hall–Kier alpha value is -1.88. The maximum atomic E-state index is 12.1. The molecule has 1 rings (SSSR count). The molecule has 0 bridgehead atoms. The summed E-state index contributed by atoms with van der Waals surface area (Å²) in [7, 11) is 0. The predicted molar refractivity (Wildman–Crippen MR) is 80.6 cm³/mol. The first-order chi connectivity index (χ1) is 9.42. The van der Waals surface area contributed by atoms with Gasteiger partial charge in [-0.2, -0.15) is 0 Å². The van der Waals surface area contributed by atoms with Crippen LogP contribution in [0.2, 0.25) is 0 Å². The maximum absolute atomic E-state index is 12.1. The Morgan fingerprint density at radius 2 is 1.90 bits per heavy atom. The van der Waals surface area contributed by atoms with E-state index in [2.05, 4.69) is 10.6 Å². The van der Waals surface area contributed by atoms with Gasteiger partial charge in [0.1, 0.15) is 0 Å². The van der Waals surface area contributed by atoms with Gasteiger partial charge in [-0.25, -0.2) is 0 Å². The number of anilines is 1. The molecule has 0 spiro atoms. The molecule has 0 saturated carbocycles. The van der Waals surface area contributed by atoms with Gasteiger partial charge in [-0.15, -0.1) is 0 Å². The standard InChI is InChI=1S/C15H23N3O2/c1-4-10-17-13(19)11-8-6-7-9-12(11)18-14(20)15(3,16)5-2/h6-9H,4-5,10,16H2,1-3H3,(H,17,19)(H,18,20). The number of para-hydroxylation sites is 1. The van der Waals surface area contributed by atoms with Crippen molar-refractivity contribution in [3.8, 4) is 0 Å². The molecule has 0 saturated heterocycles. The van der Waals surface area contributed by atoms with Gasteiger partial charge in [0.2, 0.25) is 5.91 Å². The first-order valence-electron chi connectivity index (χ1n) is 6.90. The predicted octanol–water partition coefficient (Wildman–Crippen LogP) is 1.89. The molecule has 4 N–H and O–H groups in total. The number of hydrogen-bond donors (Lipinski definition) is 3. The lowest BCUT2D eigenvalue weighted by molar-refractivity contribution is -0.120. The number of benzene rings is 1. The van der Waals surface area contributed by atoms with Crippen molar-refractivity contribution in [2.75, 3.05) is 11.9 Å². The lowest BCUT2D eigenvalue weighted by atomic mass is 9.99. The molecule has 0 aliphatic carbocycles. The summed E-state index contributed by atoms with van der Waals surface area (Å²) in [4.78, 5) is 24.1. The van der Waals surface area contributed by atoms with Crippen LogP contribution in [-0.2, 0) is 4.79 Å². The minimum Gasteiger partial charge on any atom is -0.352 e.